The van der Waals surface area contributed by atoms with Crippen LogP contribution >= 0.6 is 0 Å². The molecule has 4 aromatic carbocycles. The summed E-state index contributed by atoms with van der Waals surface area (Å²) < 4.78 is 60.9. The fourth-order valence-electron chi connectivity index (χ4n) is 4.25. The molecular weight excluding hydrogens is 595 g/mol. The molecule has 0 fully saturated rings. The average Bonchev–Trinajstić information content (AvgIpc) is 3.00. The number of halogens is 3. The third kappa shape index (κ3) is 9.17. The monoisotopic (exact) mass is 623 g/mol. The summed E-state index contributed by atoms with van der Waals surface area (Å²) in [7, 11) is -4.08. The summed E-state index contributed by atoms with van der Waals surface area (Å²) in [5.74, 6) is 13.2. The maximum absolute atomic E-state index is 10.7. The van der Waals surface area contributed by atoms with Crippen molar-refractivity contribution >= 4 is 10.1 Å². The van der Waals surface area contributed by atoms with Gasteiger partial charge in [-0.1, -0.05) is 95.8 Å². The lowest BCUT2D eigenvalue weighted by Gasteiger charge is -2.08. The molecule has 5 aromatic rings. The molecule has 0 N–H and O–H groups in total. The van der Waals surface area contributed by atoms with E-state index in [1.165, 1.54) is 33.4 Å². The molecule has 5 rings (SSSR count). The molecule has 8 heteroatoms. The van der Waals surface area contributed by atoms with Crippen molar-refractivity contribution in [1.29, 1.82) is 0 Å². The van der Waals surface area contributed by atoms with Gasteiger partial charge in [0.1, 0.15) is 7.05 Å². The number of alkyl halides is 3. The van der Waals surface area contributed by atoms with Crippen LogP contribution in [0.25, 0.3) is 22.3 Å². The Hall–Kier alpha value is -5.15. The zero-order valence-electron chi connectivity index (χ0n) is 24.7. The summed E-state index contributed by atoms with van der Waals surface area (Å²) in [5, 5.41) is 0. The maximum atomic E-state index is 10.7. The van der Waals surface area contributed by atoms with Crippen molar-refractivity contribution in [3.05, 3.63) is 149 Å². The van der Waals surface area contributed by atoms with Crippen molar-refractivity contribution < 1.29 is 30.7 Å². The molecule has 0 radical (unpaired) electrons. The summed E-state index contributed by atoms with van der Waals surface area (Å²) >= 11 is 0. The van der Waals surface area contributed by atoms with Crippen LogP contribution in [0.15, 0.2) is 115 Å². The lowest BCUT2D eigenvalue weighted by atomic mass is 10.0. The zero-order chi connectivity index (χ0) is 32.6. The van der Waals surface area contributed by atoms with E-state index in [0.29, 0.717) is 0 Å². The second-order valence-electron chi connectivity index (χ2n) is 10.1. The van der Waals surface area contributed by atoms with Gasteiger partial charge < -0.3 is 4.55 Å². The molecule has 0 amide bonds. The lowest BCUT2D eigenvalue weighted by molar-refractivity contribution is -0.676. The summed E-state index contributed by atoms with van der Waals surface area (Å²) in [6, 6.07) is 40.0. The third-order valence-corrected chi connectivity index (χ3v) is 7.22. The van der Waals surface area contributed by atoms with Gasteiger partial charge in [-0.05, 0) is 66.4 Å². The van der Waals surface area contributed by atoms with Crippen LogP contribution < -0.4 is 4.57 Å². The summed E-state index contributed by atoms with van der Waals surface area (Å²) in [4.78, 5) is 0. The quantitative estimate of drug-likeness (QED) is 0.0897. The van der Waals surface area contributed by atoms with Gasteiger partial charge in [-0.3, -0.25) is 0 Å². The van der Waals surface area contributed by atoms with E-state index in [4.69, 9.17) is 13.0 Å². The van der Waals surface area contributed by atoms with Crippen molar-refractivity contribution in [2.75, 3.05) is 0 Å². The topological polar surface area (TPSA) is 61.1 Å². The van der Waals surface area contributed by atoms with Crippen LogP contribution in [0.2, 0.25) is 0 Å². The van der Waals surface area contributed by atoms with Gasteiger partial charge >= 0.3 is 5.51 Å². The van der Waals surface area contributed by atoms with Crippen LogP contribution in [0.5, 0.6) is 0 Å². The fraction of sp³-hybridized carbons (Fsp3) is 0.108. The Bertz CT molecular complexity index is 1920. The van der Waals surface area contributed by atoms with E-state index >= 15 is 0 Å². The first-order valence-electron chi connectivity index (χ1n) is 13.7. The van der Waals surface area contributed by atoms with Crippen LogP contribution in [-0.2, 0) is 17.2 Å². The second kappa shape index (κ2) is 14.1. The molecular formula is C37H28F3NO3S. The van der Waals surface area contributed by atoms with Crippen molar-refractivity contribution in [3.63, 3.8) is 0 Å². The Morgan fingerprint density at radius 3 is 1.27 bits per heavy atom. The Morgan fingerprint density at radius 2 is 0.933 bits per heavy atom. The highest BCUT2D eigenvalue weighted by Gasteiger charge is 2.36. The first-order chi connectivity index (χ1) is 21.3. The number of aryl methyl sites for hydroxylation is 2. The molecule has 0 spiro atoms. The molecule has 226 valence electrons. The number of rotatable bonds is 2. The summed E-state index contributed by atoms with van der Waals surface area (Å²) in [6.45, 7) is 4.23. The van der Waals surface area contributed by atoms with Crippen molar-refractivity contribution in [2.24, 2.45) is 7.05 Å². The van der Waals surface area contributed by atoms with Crippen molar-refractivity contribution in [2.45, 2.75) is 19.4 Å². The van der Waals surface area contributed by atoms with Gasteiger partial charge in [0.25, 0.3) is 11.4 Å². The predicted octanol–water partition coefficient (Wildman–Crippen LogP) is 7.31. The molecule has 0 aliphatic heterocycles. The molecule has 1 heterocycles. The van der Waals surface area contributed by atoms with E-state index in [1.54, 1.807) is 0 Å². The van der Waals surface area contributed by atoms with Crippen molar-refractivity contribution in [3.8, 4) is 45.9 Å². The molecule has 0 aliphatic rings. The van der Waals surface area contributed by atoms with Gasteiger partial charge in [0.05, 0.1) is 0 Å². The standard InChI is InChI=1S/C36H28N.CHF3O3S/c1-27-7-4-9-33(25-27)31-19-13-29(14-20-31)17-23-35-11-6-12-36(37(35)3)24-18-30-15-21-32(22-16-30)34-10-5-8-28(2)26-34;2-1(3,4)8(5,6)7/h4-16,19-22,25-26H,1-3H3;(H,5,6,7)/q+1;/p-1. The number of nitrogens with zero attached hydrogens (tertiary/aromatic N) is 1. The minimum Gasteiger partial charge on any atom is -0.741 e. The molecule has 0 unspecified atom stereocenters. The Morgan fingerprint density at radius 1 is 0.578 bits per heavy atom. The van der Waals surface area contributed by atoms with Crippen LogP contribution in [-0.4, -0.2) is 18.5 Å². The zero-order valence-corrected chi connectivity index (χ0v) is 25.5. The van der Waals surface area contributed by atoms with E-state index in [2.05, 4.69) is 135 Å². The Balaban J connectivity index is 0.000000510. The number of aromatic nitrogens is 1. The minimum atomic E-state index is -6.09. The number of pyridine rings is 1. The van der Waals surface area contributed by atoms with Gasteiger partial charge in [0.15, 0.2) is 10.1 Å². The molecule has 0 bridgehead atoms. The number of hydrogen-bond donors (Lipinski definition) is 0. The lowest BCUT2D eigenvalue weighted by Crippen LogP contribution is -2.36. The van der Waals surface area contributed by atoms with Crippen LogP contribution in [0, 0.1) is 37.5 Å². The molecule has 0 atom stereocenters. The van der Waals surface area contributed by atoms with E-state index in [-0.39, 0.29) is 0 Å². The van der Waals surface area contributed by atoms with E-state index < -0.39 is 15.6 Å². The largest absolute Gasteiger partial charge is 0.741 e. The molecule has 0 aliphatic carbocycles. The highest BCUT2D eigenvalue weighted by Crippen LogP contribution is 2.22. The molecule has 4 nitrogen and oxygen atoms in total. The highest BCUT2D eigenvalue weighted by atomic mass is 32.2. The molecule has 0 saturated heterocycles. The van der Waals surface area contributed by atoms with Gasteiger partial charge in [-0.2, -0.15) is 17.7 Å². The molecule has 45 heavy (non-hydrogen) atoms. The highest BCUT2D eigenvalue weighted by molar-refractivity contribution is 7.86. The first kappa shape index (κ1) is 32.8. The van der Waals surface area contributed by atoms with Gasteiger partial charge in [-0.25, -0.2) is 8.42 Å². The van der Waals surface area contributed by atoms with Crippen LogP contribution in [0.4, 0.5) is 13.2 Å². The number of benzene rings is 4. The summed E-state index contributed by atoms with van der Waals surface area (Å²) in [6.07, 6.45) is 0. The smallest absolute Gasteiger partial charge is 0.485 e. The third-order valence-electron chi connectivity index (χ3n) is 6.66. The Kier molecular flexibility index (Phi) is 10.3. The molecule has 0 saturated carbocycles. The fourth-order valence-corrected chi connectivity index (χ4v) is 4.25. The second-order valence-corrected chi connectivity index (χ2v) is 11.5. The minimum absolute atomic E-state index is 0.921. The SMILES string of the molecule is Cc1cccc(-c2ccc(C#Cc3cccc(C#Cc4ccc(-c5cccc(C)c5)cc4)[n+]3C)cc2)c1.O=S(=O)([O-])C(F)(F)F. The molecule has 1 aromatic heterocycles. The van der Waals surface area contributed by atoms with E-state index in [0.717, 1.165) is 22.5 Å². The van der Waals surface area contributed by atoms with E-state index in [1.807, 2.05) is 29.8 Å². The van der Waals surface area contributed by atoms with Crippen LogP contribution in [0.1, 0.15) is 33.6 Å². The van der Waals surface area contributed by atoms with Gasteiger partial charge in [-0.15, -0.1) is 0 Å². The summed E-state index contributed by atoms with van der Waals surface area (Å²) in [5.41, 5.74) is 5.54. The van der Waals surface area contributed by atoms with Gasteiger partial charge in [0.2, 0.25) is 0 Å². The van der Waals surface area contributed by atoms with E-state index in [9.17, 15) is 13.2 Å². The van der Waals surface area contributed by atoms with Crippen molar-refractivity contribution in [1.82, 2.24) is 0 Å². The first-order valence-corrected chi connectivity index (χ1v) is 15.1. The Labute approximate surface area is 261 Å². The van der Waals surface area contributed by atoms with Crippen LogP contribution in [0.3, 0.4) is 0 Å². The normalized spacial score (nSPS) is 10.8. The van der Waals surface area contributed by atoms with Gasteiger partial charge in [0, 0.05) is 35.1 Å². The number of hydrogen-bond acceptors (Lipinski definition) is 3. The average molecular weight is 624 g/mol. The maximum Gasteiger partial charge on any atom is 0.485 e. The predicted molar refractivity (Wildman–Crippen MR) is 169 cm³/mol.